The van der Waals surface area contributed by atoms with Crippen molar-refractivity contribution in [2.24, 2.45) is 10.8 Å². The molecule has 1 aliphatic carbocycles. The maximum atomic E-state index is 4.75. The average Bonchev–Trinajstić information content (AvgIpc) is 2.65. The summed E-state index contributed by atoms with van der Waals surface area (Å²) in [5, 5.41) is 4.79. The van der Waals surface area contributed by atoms with Gasteiger partial charge in [-0.3, -0.25) is 0 Å². The number of nitrogens with zero attached hydrogens (tertiary/aromatic N) is 1. The summed E-state index contributed by atoms with van der Waals surface area (Å²) in [5.41, 5.74) is 3.24. The van der Waals surface area contributed by atoms with E-state index in [2.05, 4.69) is 58.1 Å². The number of hydrogen-bond donors (Lipinski definition) is 1. The molecule has 114 valence electrons. The zero-order valence-electron chi connectivity index (χ0n) is 13.8. The highest BCUT2D eigenvalue weighted by atomic mass is 32.1. The summed E-state index contributed by atoms with van der Waals surface area (Å²) in [4.78, 5) is 4.75. The summed E-state index contributed by atoms with van der Waals surface area (Å²) in [6.07, 6.45) is 3.76. The second-order valence-electron chi connectivity index (χ2n) is 8.24. The molecule has 1 heterocycles. The number of thiazole rings is 1. The van der Waals surface area contributed by atoms with Crippen molar-refractivity contribution in [2.45, 2.75) is 59.9 Å². The lowest BCUT2D eigenvalue weighted by Crippen LogP contribution is -2.40. The van der Waals surface area contributed by atoms with Crippen LogP contribution in [0.1, 0.15) is 52.5 Å². The summed E-state index contributed by atoms with van der Waals surface area (Å²) in [7, 11) is 0. The van der Waals surface area contributed by atoms with Crippen molar-refractivity contribution in [3.63, 3.8) is 0 Å². The van der Waals surface area contributed by atoms with Crippen LogP contribution >= 0.6 is 11.3 Å². The molecule has 0 unspecified atom stereocenters. The molecule has 1 fully saturated rings. The van der Waals surface area contributed by atoms with E-state index in [0.29, 0.717) is 16.9 Å². The van der Waals surface area contributed by atoms with Crippen LogP contribution in [0.3, 0.4) is 0 Å². The number of rotatable bonds is 2. The second kappa shape index (κ2) is 4.98. The van der Waals surface area contributed by atoms with Crippen LogP contribution in [0.15, 0.2) is 18.2 Å². The third kappa shape index (κ3) is 3.39. The summed E-state index contributed by atoms with van der Waals surface area (Å²) in [6, 6.07) is 7.03. The Morgan fingerprint density at radius 3 is 2.48 bits per heavy atom. The lowest BCUT2D eigenvalue weighted by atomic mass is 9.63. The maximum absolute atomic E-state index is 4.75. The van der Waals surface area contributed by atoms with E-state index in [0.717, 1.165) is 10.6 Å². The van der Waals surface area contributed by atoms with Crippen molar-refractivity contribution in [3.8, 4) is 0 Å². The molecule has 0 radical (unpaired) electrons. The van der Waals surface area contributed by atoms with Crippen molar-refractivity contribution in [1.82, 2.24) is 4.98 Å². The van der Waals surface area contributed by atoms with E-state index in [9.17, 15) is 0 Å². The second-order valence-corrected chi connectivity index (χ2v) is 9.28. The van der Waals surface area contributed by atoms with E-state index in [1.807, 2.05) is 0 Å². The topological polar surface area (TPSA) is 24.9 Å². The lowest BCUT2D eigenvalue weighted by molar-refractivity contribution is 0.105. The minimum atomic E-state index is 0.409. The van der Waals surface area contributed by atoms with Gasteiger partial charge in [0.1, 0.15) is 0 Å². The molecule has 0 spiro atoms. The molecular weight excluding hydrogens is 276 g/mol. The fourth-order valence-electron chi connectivity index (χ4n) is 4.22. The highest BCUT2D eigenvalue weighted by molar-refractivity contribution is 7.22. The lowest BCUT2D eigenvalue weighted by Gasteiger charge is -2.45. The van der Waals surface area contributed by atoms with Gasteiger partial charge in [-0.05, 0) is 54.7 Å². The van der Waals surface area contributed by atoms with Gasteiger partial charge in [0.05, 0.1) is 10.2 Å². The Labute approximate surface area is 132 Å². The first-order valence-corrected chi connectivity index (χ1v) is 8.68. The van der Waals surface area contributed by atoms with Crippen molar-refractivity contribution in [3.05, 3.63) is 23.8 Å². The number of aryl methyl sites for hydroxylation is 1. The van der Waals surface area contributed by atoms with Crippen LogP contribution < -0.4 is 5.32 Å². The fraction of sp³-hybridized carbons (Fsp3) is 0.611. The quantitative estimate of drug-likeness (QED) is 0.778. The van der Waals surface area contributed by atoms with Gasteiger partial charge in [-0.2, -0.15) is 0 Å². The SMILES string of the molecule is Cc1ccc2nc(NC3CC(C)(C)CC(C)(C)C3)sc2c1. The van der Waals surface area contributed by atoms with Crippen LogP contribution in [-0.2, 0) is 0 Å². The summed E-state index contributed by atoms with van der Waals surface area (Å²) in [6.45, 7) is 11.7. The van der Waals surface area contributed by atoms with Gasteiger partial charge in [0.2, 0.25) is 0 Å². The molecule has 3 rings (SSSR count). The molecule has 1 aromatic heterocycles. The van der Waals surface area contributed by atoms with E-state index in [1.54, 1.807) is 11.3 Å². The number of anilines is 1. The third-order valence-corrected chi connectivity index (χ3v) is 5.38. The van der Waals surface area contributed by atoms with Crippen LogP contribution in [0.25, 0.3) is 10.2 Å². The molecule has 0 aliphatic heterocycles. The first-order chi connectivity index (χ1) is 9.72. The molecular formula is C18H26N2S. The molecule has 1 aliphatic rings. The van der Waals surface area contributed by atoms with Crippen molar-refractivity contribution < 1.29 is 0 Å². The number of nitrogens with one attached hydrogen (secondary N) is 1. The van der Waals surface area contributed by atoms with Crippen LogP contribution in [0.4, 0.5) is 5.13 Å². The van der Waals surface area contributed by atoms with Gasteiger partial charge in [-0.1, -0.05) is 45.1 Å². The van der Waals surface area contributed by atoms with Gasteiger partial charge < -0.3 is 5.32 Å². The Kier molecular flexibility index (Phi) is 3.52. The predicted molar refractivity (Wildman–Crippen MR) is 93.2 cm³/mol. The Bertz CT molecular complexity index is 638. The van der Waals surface area contributed by atoms with Gasteiger partial charge in [0, 0.05) is 6.04 Å². The Balaban J connectivity index is 1.81. The van der Waals surface area contributed by atoms with Crippen LogP contribution in [0, 0.1) is 17.8 Å². The maximum Gasteiger partial charge on any atom is 0.184 e. The van der Waals surface area contributed by atoms with Crippen molar-refractivity contribution >= 4 is 26.7 Å². The van der Waals surface area contributed by atoms with Crippen molar-refractivity contribution in [2.75, 3.05) is 5.32 Å². The Morgan fingerprint density at radius 1 is 1.14 bits per heavy atom. The summed E-state index contributed by atoms with van der Waals surface area (Å²) < 4.78 is 1.28. The molecule has 0 atom stereocenters. The largest absolute Gasteiger partial charge is 0.359 e. The minimum absolute atomic E-state index is 0.409. The third-order valence-electron chi connectivity index (χ3n) is 4.43. The number of aromatic nitrogens is 1. The Hall–Kier alpha value is -1.09. The minimum Gasteiger partial charge on any atom is -0.359 e. The summed E-state index contributed by atoms with van der Waals surface area (Å²) in [5.74, 6) is 0. The molecule has 21 heavy (non-hydrogen) atoms. The van der Waals surface area contributed by atoms with Crippen LogP contribution in [-0.4, -0.2) is 11.0 Å². The highest BCUT2D eigenvalue weighted by Crippen LogP contribution is 2.46. The van der Waals surface area contributed by atoms with Gasteiger partial charge >= 0.3 is 0 Å². The molecule has 2 aromatic rings. The van der Waals surface area contributed by atoms with E-state index < -0.39 is 0 Å². The number of fused-ring (bicyclic) bond motifs is 1. The molecule has 3 heteroatoms. The molecule has 2 nitrogen and oxygen atoms in total. The zero-order chi connectivity index (χ0) is 15.3. The van der Waals surface area contributed by atoms with Gasteiger partial charge in [0.15, 0.2) is 5.13 Å². The van der Waals surface area contributed by atoms with Crippen molar-refractivity contribution in [1.29, 1.82) is 0 Å². The van der Waals surface area contributed by atoms with E-state index in [1.165, 1.54) is 29.5 Å². The number of hydrogen-bond acceptors (Lipinski definition) is 3. The number of benzene rings is 1. The smallest absolute Gasteiger partial charge is 0.184 e. The molecule has 0 saturated heterocycles. The van der Waals surface area contributed by atoms with Gasteiger partial charge in [-0.15, -0.1) is 0 Å². The summed E-state index contributed by atoms with van der Waals surface area (Å²) >= 11 is 1.78. The van der Waals surface area contributed by atoms with E-state index in [-0.39, 0.29) is 0 Å². The standard InChI is InChI=1S/C18H26N2S/c1-12-6-7-14-15(8-12)21-16(20-14)19-13-9-17(2,3)11-18(4,5)10-13/h6-8,13H,9-11H2,1-5H3,(H,19,20). The van der Waals surface area contributed by atoms with E-state index in [4.69, 9.17) is 4.98 Å². The molecule has 0 bridgehead atoms. The Morgan fingerprint density at radius 2 is 1.81 bits per heavy atom. The molecule has 1 saturated carbocycles. The highest BCUT2D eigenvalue weighted by Gasteiger charge is 2.38. The predicted octanol–water partition coefficient (Wildman–Crippen LogP) is 5.62. The average molecular weight is 302 g/mol. The first kappa shape index (κ1) is 14.8. The fourth-order valence-corrected chi connectivity index (χ4v) is 5.26. The van der Waals surface area contributed by atoms with Crippen LogP contribution in [0.2, 0.25) is 0 Å². The van der Waals surface area contributed by atoms with Gasteiger partial charge in [0.25, 0.3) is 0 Å². The monoisotopic (exact) mass is 302 g/mol. The normalized spacial score (nSPS) is 21.6. The molecule has 1 N–H and O–H groups in total. The first-order valence-electron chi connectivity index (χ1n) is 7.86. The molecule has 0 amide bonds. The van der Waals surface area contributed by atoms with Crippen LogP contribution in [0.5, 0.6) is 0 Å². The van der Waals surface area contributed by atoms with E-state index >= 15 is 0 Å². The van der Waals surface area contributed by atoms with Gasteiger partial charge in [-0.25, -0.2) is 4.98 Å². The molecule has 1 aromatic carbocycles. The zero-order valence-corrected chi connectivity index (χ0v) is 14.6.